The number of halogens is 1. The summed E-state index contributed by atoms with van der Waals surface area (Å²) in [4.78, 5) is 13.7. The van der Waals surface area contributed by atoms with Crippen LogP contribution < -0.4 is 10.6 Å². The second-order valence-corrected chi connectivity index (χ2v) is 8.69. The van der Waals surface area contributed by atoms with E-state index in [9.17, 15) is 5.11 Å². The van der Waals surface area contributed by atoms with E-state index in [0.717, 1.165) is 48.6 Å². The number of nitrogens with zero attached hydrogens (tertiary/aromatic N) is 4. The molecule has 2 aliphatic carbocycles. The van der Waals surface area contributed by atoms with Crippen molar-refractivity contribution in [1.29, 1.82) is 5.26 Å². The lowest BCUT2D eigenvalue weighted by atomic mass is 9.93. The van der Waals surface area contributed by atoms with Gasteiger partial charge in [0.2, 0.25) is 0 Å². The molecule has 7 nitrogen and oxygen atoms in total. The van der Waals surface area contributed by atoms with Gasteiger partial charge in [0.15, 0.2) is 0 Å². The lowest BCUT2D eigenvalue weighted by Crippen LogP contribution is -2.28. The molecule has 3 heterocycles. The zero-order valence-electron chi connectivity index (χ0n) is 18.2. The third-order valence-corrected chi connectivity index (χ3v) is 6.15. The van der Waals surface area contributed by atoms with Gasteiger partial charge in [-0.05, 0) is 86.4 Å². The molecule has 0 aromatic carbocycles. The molecule has 0 bridgehead atoms. The summed E-state index contributed by atoms with van der Waals surface area (Å²) in [6.45, 7) is 0. The van der Waals surface area contributed by atoms with Crippen molar-refractivity contribution in [3.63, 3.8) is 0 Å². The van der Waals surface area contributed by atoms with Gasteiger partial charge >= 0.3 is 0 Å². The Hall–Kier alpha value is -3.21. The molecule has 170 valence electrons. The van der Waals surface area contributed by atoms with Crippen LogP contribution in [0.25, 0.3) is 11.3 Å². The number of hydrogen-bond donors (Lipinski definition) is 3. The summed E-state index contributed by atoms with van der Waals surface area (Å²) >= 11 is 0. The number of aromatic nitrogens is 3. The van der Waals surface area contributed by atoms with Crippen LogP contribution in [-0.4, -0.2) is 32.2 Å². The third-order valence-electron chi connectivity index (χ3n) is 6.15. The zero-order chi connectivity index (χ0) is 21.9. The fourth-order valence-electron chi connectivity index (χ4n) is 4.18. The van der Waals surface area contributed by atoms with Crippen molar-refractivity contribution in [2.75, 3.05) is 10.6 Å². The summed E-state index contributed by atoms with van der Waals surface area (Å²) in [5.74, 6) is 2.75. The minimum absolute atomic E-state index is 0. The first-order valence-electron chi connectivity index (χ1n) is 11.2. The molecule has 0 amide bonds. The van der Waals surface area contributed by atoms with E-state index < -0.39 is 0 Å². The third kappa shape index (κ3) is 5.78. The topological polar surface area (TPSA) is 107 Å². The van der Waals surface area contributed by atoms with E-state index in [1.165, 1.54) is 18.4 Å². The van der Waals surface area contributed by atoms with Crippen LogP contribution in [0.5, 0.6) is 0 Å². The van der Waals surface area contributed by atoms with Gasteiger partial charge < -0.3 is 15.7 Å². The summed E-state index contributed by atoms with van der Waals surface area (Å²) in [6, 6.07) is 14.2. The first-order chi connectivity index (χ1) is 15.7. The number of rotatable bonds is 6. The van der Waals surface area contributed by atoms with Gasteiger partial charge in [0.1, 0.15) is 17.5 Å². The quantitative estimate of drug-likeness (QED) is 0.464. The molecule has 33 heavy (non-hydrogen) atoms. The van der Waals surface area contributed by atoms with Crippen molar-refractivity contribution >= 4 is 29.9 Å². The molecule has 5 rings (SSSR count). The van der Waals surface area contributed by atoms with Gasteiger partial charge in [-0.3, -0.25) is 0 Å². The average Bonchev–Trinajstić information content (AvgIpc) is 3.67. The van der Waals surface area contributed by atoms with E-state index in [4.69, 9.17) is 10.2 Å². The number of anilines is 3. The second kappa shape index (κ2) is 10.2. The maximum Gasteiger partial charge on any atom is 0.132 e. The van der Waals surface area contributed by atoms with Crippen LogP contribution in [0.4, 0.5) is 17.5 Å². The van der Waals surface area contributed by atoms with E-state index in [1.54, 1.807) is 18.3 Å². The van der Waals surface area contributed by atoms with E-state index >= 15 is 0 Å². The number of aliphatic hydroxyl groups excluding tert-OH is 1. The fourth-order valence-corrected chi connectivity index (χ4v) is 4.18. The zero-order valence-corrected chi connectivity index (χ0v) is 19.1. The molecule has 3 aromatic rings. The predicted octanol–water partition coefficient (Wildman–Crippen LogP) is 5.17. The Morgan fingerprint density at radius 1 is 0.909 bits per heavy atom. The number of pyridine rings is 3. The standard InChI is InChI=1S/C25H26N6O.ClH/c26-14-16-9-10-27-24(11-16)31-25-13-19(17-1-2-17)12-22(30-25)18-3-8-23(28-15-18)29-20-4-6-21(32)7-5-20;/h3,8-13,15,17,20-21,32H,1-2,4-7H2,(H,28,29)(H,27,30,31);1H. The average molecular weight is 463 g/mol. The van der Waals surface area contributed by atoms with Gasteiger partial charge in [-0.25, -0.2) is 15.0 Å². The highest BCUT2D eigenvalue weighted by atomic mass is 35.5. The molecule has 0 saturated heterocycles. The molecule has 2 saturated carbocycles. The SMILES string of the molecule is Cl.N#Cc1ccnc(Nc2cc(C3CC3)cc(-c3ccc(NC4CCC(O)CC4)nc3)n2)c1. The van der Waals surface area contributed by atoms with E-state index in [1.807, 2.05) is 18.3 Å². The number of nitriles is 1. The lowest BCUT2D eigenvalue weighted by Gasteiger charge is -2.26. The van der Waals surface area contributed by atoms with E-state index in [2.05, 4.69) is 38.8 Å². The summed E-state index contributed by atoms with van der Waals surface area (Å²) in [6.07, 6.45) is 9.33. The molecule has 2 aliphatic rings. The Bertz CT molecular complexity index is 1130. The van der Waals surface area contributed by atoms with Crippen LogP contribution in [-0.2, 0) is 0 Å². The molecule has 0 atom stereocenters. The normalized spacial score (nSPS) is 19.8. The molecule has 0 radical (unpaired) electrons. The second-order valence-electron chi connectivity index (χ2n) is 8.69. The molecule has 3 N–H and O–H groups in total. The van der Waals surface area contributed by atoms with Crippen molar-refractivity contribution in [3.8, 4) is 17.3 Å². The first-order valence-corrected chi connectivity index (χ1v) is 11.2. The largest absolute Gasteiger partial charge is 0.393 e. The lowest BCUT2D eigenvalue weighted by molar-refractivity contribution is 0.126. The fraction of sp³-hybridized carbons (Fsp3) is 0.360. The molecule has 2 fully saturated rings. The summed E-state index contributed by atoms with van der Waals surface area (Å²) in [5, 5.41) is 25.6. The van der Waals surface area contributed by atoms with Crippen molar-refractivity contribution in [2.24, 2.45) is 0 Å². The highest BCUT2D eigenvalue weighted by Gasteiger charge is 2.25. The summed E-state index contributed by atoms with van der Waals surface area (Å²) in [5.41, 5.74) is 3.64. The van der Waals surface area contributed by atoms with Crippen LogP contribution in [0.15, 0.2) is 48.8 Å². The van der Waals surface area contributed by atoms with Gasteiger partial charge in [0, 0.05) is 24.0 Å². The van der Waals surface area contributed by atoms with Gasteiger partial charge in [-0.1, -0.05) is 0 Å². The molecule has 0 spiro atoms. The monoisotopic (exact) mass is 462 g/mol. The van der Waals surface area contributed by atoms with E-state index in [-0.39, 0.29) is 18.5 Å². The first kappa shape index (κ1) is 23.0. The number of nitrogens with one attached hydrogen (secondary N) is 2. The number of aliphatic hydroxyl groups is 1. The van der Waals surface area contributed by atoms with E-state index in [0.29, 0.717) is 23.3 Å². The highest BCUT2D eigenvalue weighted by Crippen LogP contribution is 2.42. The Balaban J connectivity index is 0.00000259. The molecule has 0 unspecified atom stereocenters. The molecule has 0 aliphatic heterocycles. The maximum atomic E-state index is 9.69. The molecule has 8 heteroatoms. The van der Waals surface area contributed by atoms with Crippen molar-refractivity contribution in [3.05, 3.63) is 59.9 Å². The Labute approximate surface area is 199 Å². The van der Waals surface area contributed by atoms with Crippen LogP contribution in [0.1, 0.15) is 55.6 Å². The van der Waals surface area contributed by atoms with Crippen LogP contribution in [0.3, 0.4) is 0 Å². The van der Waals surface area contributed by atoms with Gasteiger partial charge in [0.05, 0.1) is 23.4 Å². The van der Waals surface area contributed by atoms with Gasteiger partial charge in [0.25, 0.3) is 0 Å². The molecular formula is C25H27ClN6O. The van der Waals surface area contributed by atoms with Crippen LogP contribution >= 0.6 is 12.4 Å². The predicted molar refractivity (Wildman–Crippen MR) is 131 cm³/mol. The van der Waals surface area contributed by atoms with Crippen LogP contribution in [0.2, 0.25) is 0 Å². The van der Waals surface area contributed by atoms with Gasteiger partial charge in [-0.15, -0.1) is 12.4 Å². The van der Waals surface area contributed by atoms with Crippen LogP contribution in [0, 0.1) is 11.3 Å². The van der Waals surface area contributed by atoms with Crippen molar-refractivity contribution in [2.45, 2.75) is 56.6 Å². The summed E-state index contributed by atoms with van der Waals surface area (Å²) < 4.78 is 0. The van der Waals surface area contributed by atoms with Crippen molar-refractivity contribution < 1.29 is 5.11 Å². The minimum Gasteiger partial charge on any atom is -0.393 e. The van der Waals surface area contributed by atoms with Gasteiger partial charge in [-0.2, -0.15) is 5.26 Å². The minimum atomic E-state index is -0.159. The van der Waals surface area contributed by atoms with Crippen molar-refractivity contribution in [1.82, 2.24) is 15.0 Å². The Morgan fingerprint density at radius 3 is 2.42 bits per heavy atom. The number of hydrogen-bond acceptors (Lipinski definition) is 7. The molecule has 3 aromatic heterocycles. The Morgan fingerprint density at radius 2 is 1.73 bits per heavy atom. The summed E-state index contributed by atoms with van der Waals surface area (Å²) in [7, 11) is 0. The Kier molecular flexibility index (Phi) is 7.07. The molecular weight excluding hydrogens is 436 g/mol. The maximum absolute atomic E-state index is 9.69. The smallest absolute Gasteiger partial charge is 0.132 e. The highest BCUT2D eigenvalue weighted by molar-refractivity contribution is 5.85.